The molecule has 0 spiro atoms. The smallest absolute Gasteiger partial charge is 0.408 e. The maximum atomic E-state index is 14.0. The van der Waals surface area contributed by atoms with E-state index in [1.54, 1.807) is 79.6 Å². The molecule has 3 unspecified atom stereocenters. The van der Waals surface area contributed by atoms with Crippen LogP contribution in [0.25, 0.3) is 11.1 Å². The van der Waals surface area contributed by atoms with Crippen LogP contribution in [0.15, 0.2) is 108 Å². The molecule has 18 nitrogen and oxygen atoms in total. The average Bonchev–Trinajstić information content (AvgIpc) is 3.99. The van der Waals surface area contributed by atoms with Crippen molar-refractivity contribution in [2.45, 2.75) is 65.1 Å². The topological polar surface area (TPSA) is 208 Å². The highest BCUT2D eigenvalue weighted by Gasteiger charge is 2.35. The molecule has 0 saturated carbocycles. The van der Waals surface area contributed by atoms with Gasteiger partial charge >= 0.3 is 6.09 Å². The molecule has 4 heterocycles. The minimum Gasteiger partial charge on any atom is -0.497 e. The van der Waals surface area contributed by atoms with E-state index in [2.05, 4.69) is 22.5 Å². The molecule has 382 valence electrons. The van der Waals surface area contributed by atoms with Gasteiger partial charge in [-0.2, -0.15) is 0 Å². The first-order valence-electron chi connectivity index (χ1n) is 24.1. The molecule has 0 aliphatic carbocycles. The van der Waals surface area contributed by atoms with Crippen molar-refractivity contribution in [2.24, 2.45) is 15.9 Å². The van der Waals surface area contributed by atoms with Gasteiger partial charge in [-0.25, -0.2) is 4.79 Å². The standard InChI is InChI=1S/C53H55N7O11.C2H6/c1-7-17-71-53(65)58-49(31(2)3)50(62)56-28-48(61)57-36-13-9-32(10-14-36)34-20-37-26-54-42-24-46(44(67-5)22-40(42)51(63)59(37)29-34)69-18-8-19-70-47-25-43-41(23-45(47)68-6)52(64)60-30-35(21-38(60)27-55-43)33-11-15-39(66-4)16-12-33;1-2/h7,9-16,22-27,29-31,37-38,49H,1,8,17-21,28H2,2-6H3,(H,56,62)(H,57,61)(H,58,65);1-2H3. The fourth-order valence-electron chi connectivity index (χ4n) is 8.46. The highest BCUT2D eigenvalue weighted by atomic mass is 16.5. The molecule has 0 radical (unpaired) electrons. The third-order valence-corrected chi connectivity index (χ3v) is 12.2. The molecule has 4 aromatic carbocycles. The van der Waals surface area contributed by atoms with Gasteiger partial charge in [-0.1, -0.05) is 64.6 Å². The Morgan fingerprint density at radius 2 is 1.23 bits per heavy atom. The number of alkyl carbamates (subject to hydrolysis) is 1. The quantitative estimate of drug-likeness (QED) is 0.0599. The number of rotatable bonds is 19. The fraction of sp³-hybridized carbons (Fsp3) is 0.327. The molecule has 73 heavy (non-hydrogen) atoms. The van der Waals surface area contributed by atoms with Gasteiger partial charge in [-0.15, -0.1) is 0 Å². The van der Waals surface area contributed by atoms with E-state index < -0.39 is 23.9 Å². The van der Waals surface area contributed by atoms with Gasteiger partial charge < -0.3 is 54.2 Å². The van der Waals surface area contributed by atoms with Crippen molar-refractivity contribution < 1.29 is 52.4 Å². The van der Waals surface area contributed by atoms with E-state index in [4.69, 9.17) is 38.4 Å². The van der Waals surface area contributed by atoms with Gasteiger partial charge in [0.05, 0.1) is 75.7 Å². The summed E-state index contributed by atoms with van der Waals surface area (Å²) in [7, 11) is 4.66. The second-order valence-corrected chi connectivity index (χ2v) is 17.2. The number of amides is 5. The maximum Gasteiger partial charge on any atom is 0.408 e. The molecule has 3 atom stereocenters. The van der Waals surface area contributed by atoms with Crippen molar-refractivity contribution in [1.82, 2.24) is 20.4 Å². The molecule has 4 aliphatic rings. The van der Waals surface area contributed by atoms with Gasteiger partial charge in [-0.3, -0.25) is 29.2 Å². The molecule has 0 aromatic heterocycles. The summed E-state index contributed by atoms with van der Waals surface area (Å²) in [6, 6.07) is 20.2. The zero-order valence-electron chi connectivity index (χ0n) is 42.1. The Morgan fingerprint density at radius 3 is 1.70 bits per heavy atom. The van der Waals surface area contributed by atoms with E-state index in [1.807, 2.05) is 62.6 Å². The van der Waals surface area contributed by atoms with Gasteiger partial charge in [-0.05, 0) is 64.6 Å². The lowest BCUT2D eigenvalue weighted by atomic mass is 10.0. The van der Waals surface area contributed by atoms with Gasteiger partial charge in [0, 0.05) is 61.9 Å². The molecular formula is C55H61N7O11. The highest BCUT2D eigenvalue weighted by molar-refractivity contribution is 6.06. The molecule has 8 rings (SSSR count). The summed E-state index contributed by atoms with van der Waals surface area (Å²) in [6.45, 7) is 11.2. The minimum atomic E-state index is -0.901. The number of carbonyl (C=O) groups excluding carboxylic acids is 5. The highest BCUT2D eigenvalue weighted by Crippen LogP contribution is 2.42. The molecule has 0 bridgehead atoms. The number of nitrogens with one attached hydrogen (secondary N) is 3. The van der Waals surface area contributed by atoms with Crippen LogP contribution in [-0.4, -0.2) is 118 Å². The number of anilines is 1. The summed E-state index contributed by atoms with van der Waals surface area (Å²) in [5.74, 6) is 0.729. The van der Waals surface area contributed by atoms with Gasteiger partial charge in [0.2, 0.25) is 11.8 Å². The Bertz CT molecular complexity index is 2840. The third kappa shape index (κ3) is 12.2. The zero-order valence-corrected chi connectivity index (χ0v) is 42.1. The number of hydrogen-bond donors (Lipinski definition) is 3. The monoisotopic (exact) mass is 995 g/mol. The first-order chi connectivity index (χ1) is 35.4. The fourth-order valence-corrected chi connectivity index (χ4v) is 8.46. The lowest BCUT2D eigenvalue weighted by Crippen LogP contribution is -2.51. The lowest BCUT2D eigenvalue weighted by molar-refractivity contribution is -0.126. The van der Waals surface area contributed by atoms with Crippen molar-refractivity contribution in [3.63, 3.8) is 0 Å². The van der Waals surface area contributed by atoms with Crippen molar-refractivity contribution in [3.8, 4) is 28.7 Å². The number of hydrogen-bond acceptors (Lipinski definition) is 13. The average molecular weight is 996 g/mol. The van der Waals surface area contributed by atoms with Crippen molar-refractivity contribution in [3.05, 3.63) is 120 Å². The minimum absolute atomic E-state index is 0.00187. The van der Waals surface area contributed by atoms with Crippen molar-refractivity contribution in [2.75, 3.05) is 53.0 Å². The number of fused-ring (bicyclic) bond motifs is 4. The largest absolute Gasteiger partial charge is 0.497 e. The van der Waals surface area contributed by atoms with Crippen LogP contribution >= 0.6 is 0 Å². The third-order valence-electron chi connectivity index (χ3n) is 12.2. The Kier molecular flexibility index (Phi) is 17.3. The summed E-state index contributed by atoms with van der Waals surface area (Å²) < 4.78 is 33.8. The molecule has 0 fully saturated rings. The van der Waals surface area contributed by atoms with Gasteiger partial charge in [0.25, 0.3) is 11.8 Å². The van der Waals surface area contributed by atoms with E-state index in [0.29, 0.717) is 70.4 Å². The van der Waals surface area contributed by atoms with Crippen LogP contribution in [0.3, 0.4) is 0 Å². The van der Waals surface area contributed by atoms with E-state index in [1.165, 1.54) is 20.3 Å². The zero-order chi connectivity index (χ0) is 52.2. The maximum absolute atomic E-state index is 14.0. The van der Waals surface area contributed by atoms with E-state index in [9.17, 15) is 24.0 Å². The number of methoxy groups -OCH3 is 3. The number of carbonyl (C=O) groups is 5. The van der Waals surface area contributed by atoms with E-state index in [0.717, 1.165) is 28.0 Å². The van der Waals surface area contributed by atoms with Crippen molar-refractivity contribution >= 4 is 70.4 Å². The summed E-state index contributed by atoms with van der Waals surface area (Å²) in [6.07, 6.45) is 9.50. The molecule has 18 heteroatoms. The summed E-state index contributed by atoms with van der Waals surface area (Å²) >= 11 is 0. The van der Waals surface area contributed by atoms with Crippen LogP contribution in [0.5, 0.6) is 28.7 Å². The normalized spacial score (nSPS) is 16.4. The van der Waals surface area contributed by atoms with Crippen LogP contribution in [-0.2, 0) is 14.3 Å². The number of ether oxygens (including phenoxy) is 6. The van der Waals surface area contributed by atoms with Crippen LogP contribution in [0.2, 0.25) is 0 Å². The van der Waals surface area contributed by atoms with Crippen LogP contribution in [0.4, 0.5) is 21.9 Å². The number of nitrogens with zero attached hydrogens (tertiary/aromatic N) is 4. The Morgan fingerprint density at radius 1 is 0.726 bits per heavy atom. The number of benzene rings is 4. The van der Waals surface area contributed by atoms with Gasteiger partial charge in [0.1, 0.15) is 18.4 Å². The number of aliphatic imine (C=N–C) groups is 2. The molecule has 3 N–H and O–H groups in total. The first-order valence-corrected chi connectivity index (χ1v) is 24.1. The van der Waals surface area contributed by atoms with Crippen LogP contribution < -0.4 is 39.6 Å². The second-order valence-electron chi connectivity index (χ2n) is 17.2. The molecule has 0 saturated heterocycles. The Balaban J connectivity index is 0.00000385. The van der Waals surface area contributed by atoms with E-state index in [-0.39, 0.29) is 56.2 Å². The second kappa shape index (κ2) is 24.1. The molecule has 4 aromatic rings. The molecular weight excluding hydrogens is 935 g/mol. The van der Waals surface area contributed by atoms with Crippen LogP contribution in [0, 0.1) is 5.92 Å². The van der Waals surface area contributed by atoms with E-state index >= 15 is 0 Å². The summed E-state index contributed by atoms with van der Waals surface area (Å²) in [5.41, 5.74) is 6.01. The molecule has 5 amide bonds. The lowest BCUT2D eigenvalue weighted by Gasteiger charge is -2.21. The SMILES string of the molecule is C=CCOC(=O)NC(C(=O)NCC(=O)Nc1ccc(C2=CN3C(=O)c4cc(OC)c(OCCCOc5cc6c(cc5OC)C(=O)N5C=C(c7ccc(OC)cc7)CC5C=N6)cc4N=CC3C2)cc1)C(C)C.CC. The Hall–Kier alpha value is -8.41. The predicted octanol–water partition coefficient (Wildman–Crippen LogP) is 8.52. The summed E-state index contributed by atoms with van der Waals surface area (Å²) in [4.78, 5) is 78.1. The van der Waals surface area contributed by atoms with Gasteiger partial charge in [0.15, 0.2) is 23.0 Å². The summed E-state index contributed by atoms with van der Waals surface area (Å²) in [5, 5.41) is 7.83. The first kappa shape index (κ1) is 52.4. The Labute approximate surface area is 424 Å². The van der Waals surface area contributed by atoms with Crippen molar-refractivity contribution in [1.29, 1.82) is 0 Å². The molecule has 4 aliphatic heterocycles. The predicted molar refractivity (Wildman–Crippen MR) is 279 cm³/mol. The van der Waals surface area contributed by atoms with Crippen LogP contribution in [0.1, 0.15) is 78.8 Å².